The van der Waals surface area contributed by atoms with Gasteiger partial charge in [-0.3, -0.25) is 0 Å². The van der Waals surface area contributed by atoms with E-state index in [9.17, 15) is 0 Å². The van der Waals surface area contributed by atoms with Gasteiger partial charge in [-0.1, -0.05) is 58.3 Å². The van der Waals surface area contributed by atoms with Crippen molar-refractivity contribution in [2.75, 3.05) is 0 Å². The average molecular weight is 194 g/mol. The van der Waals surface area contributed by atoms with Crippen LogP contribution in [0.2, 0.25) is 0 Å². The largest absolute Gasteiger partial charge is 0.0654 e. The molecule has 2 radical (unpaired) electrons. The first-order chi connectivity index (χ1) is 6.93. The Labute approximate surface area is 90.5 Å². The smallest absolute Gasteiger partial charge is 0.0140 e. The van der Waals surface area contributed by atoms with Crippen molar-refractivity contribution in [2.24, 2.45) is 5.92 Å². The van der Waals surface area contributed by atoms with Crippen LogP contribution >= 0.6 is 0 Å². The lowest BCUT2D eigenvalue weighted by molar-refractivity contribution is 0.403. The molecule has 0 saturated heterocycles. The molecule has 1 rings (SSSR count). The molecule has 14 heavy (non-hydrogen) atoms. The first kappa shape index (κ1) is 12.1. The predicted molar refractivity (Wildman–Crippen MR) is 63.2 cm³/mol. The molecule has 1 atom stereocenters. The maximum Gasteiger partial charge on any atom is -0.0140 e. The number of rotatable bonds is 7. The van der Waals surface area contributed by atoms with E-state index < -0.39 is 0 Å². The Bertz CT molecular complexity index is 111. The summed E-state index contributed by atoms with van der Waals surface area (Å²) in [7, 11) is 0. The molecule has 0 aromatic carbocycles. The molecule has 0 aromatic heterocycles. The summed E-state index contributed by atoms with van der Waals surface area (Å²) < 4.78 is 0. The van der Waals surface area contributed by atoms with Crippen molar-refractivity contribution >= 4 is 0 Å². The molecule has 0 aliphatic heterocycles. The number of hydrogen-bond acceptors (Lipinski definition) is 0. The van der Waals surface area contributed by atoms with Crippen molar-refractivity contribution in [3.63, 3.8) is 0 Å². The van der Waals surface area contributed by atoms with Crippen LogP contribution < -0.4 is 0 Å². The molecule has 0 nitrogen and oxygen atoms in total. The highest BCUT2D eigenvalue weighted by molar-refractivity contribution is 4.80. The predicted octanol–water partition coefficient (Wildman–Crippen LogP) is 5.01. The van der Waals surface area contributed by atoms with Crippen LogP contribution in [0.4, 0.5) is 0 Å². The van der Waals surface area contributed by atoms with Gasteiger partial charge in [0.25, 0.3) is 0 Å². The van der Waals surface area contributed by atoms with E-state index in [-0.39, 0.29) is 0 Å². The molecule has 0 heterocycles. The van der Waals surface area contributed by atoms with Crippen molar-refractivity contribution in [3.8, 4) is 0 Å². The van der Waals surface area contributed by atoms with E-state index >= 15 is 0 Å². The van der Waals surface area contributed by atoms with E-state index in [1.807, 2.05) is 0 Å². The van der Waals surface area contributed by atoms with Crippen LogP contribution in [0, 0.1) is 12.3 Å². The Morgan fingerprint density at radius 3 is 2.50 bits per heavy atom. The maximum atomic E-state index is 3.62. The number of unbranched alkanes of at least 4 members (excludes halogenated alkanes) is 5. The quantitative estimate of drug-likeness (QED) is 0.500. The molecule has 0 bridgehead atoms. The van der Waals surface area contributed by atoms with Gasteiger partial charge in [0, 0.05) is 0 Å². The van der Waals surface area contributed by atoms with E-state index in [1.54, 1.807) is 0 Å². The molecule has 0 amide bonds. The fraction of sp³-hybridized carbons (Fsp3) is 0.929. The first-order valence-electron chi connectivity index (χ1n) is 6.67. The zero-order valence-electron chi connectivity index (χ0n) is 9.86. The monoisotopic (exact) mass is 194 g/mol. The topological polar surface area (TPSA) is 0 Å². The molecule has 0 aromatic rings. The summed E-state index contributed by atoms with van der Waals surface area (Å²) in [6.07, 6.45) is 19.2. The molecule has 1 saturated carbocycles. The summed E-state index contributed by atoms with van der Waals surface area (Å²) in [6.45, 7) is 2.28. The van der Waals surface area contributed by atoms with Gasteiger partial charge in [-0.25, -0.2) is 0 Å². The lowest BCUT2D eigenvalue weighted by Crippen LogP contribution is -2.06. The zero-order valence-corrected chi connectivity index (χ0v) is 9.86. The minimum Gasteiger partial charge on any atom is -0.0654 e. The lowest BCUT2D eigenvalue weighted by atomic mass is 9.85. The van der Waals surface area contributed by atoms with Gasteiger partial charge in [0.05, 0.1) is 0 Å². The lowest BCUT2D eigenvalue weighted by Gasteiger charge is -2.20. The molecule has 1 aliphatic carbocycles. The summed E-state index contributed by atoms with van der Waals surface area (Å²) in [4.78, 5) is 0. The molecule has 82 valence electrons. The second kappa shape index (κ2) is 8.32. The highest BCUT2D eigenvalue weighted by Gasteiger charge is 2.12. The van der Waals surface area contributed by atoms with Gasteiger partial charge >= 0.3 is 0 Å². The molecule has 0 N–H and O–H groups in total. The fourth-order valence-corrected chi connectivity index (χ4v) is 2.34. The van der Waals surface area contributed by atoms with Gasteiger partial charge in [0.2, 0.25) is 0 Å². The Kier molecular flexibility index (Phi) is 7.17. The molecule has 0 heteroatoms. The molecule has 1 unspecified atom stereocenters. The summed E-state index contributed by atoms with van der Waals surface area (Å²) >= 11 is 0. The van der Waals surface area contributed by atoms with Crippen molar-refractivity contribution in [2.45, 2.75) is 77.6 Å². The standard InChI is InChI=1S/C14H26/c1-2-3-4-5-6-8-11-14-12-9-7-10-13-14/h14H,2-12H2,1H3. The SMILES string of the molecule is CCCCCCCCC1[C]CCCC1. The fourth-order valence-electron chi connectivity index (χ4n) is 2.34. The van der Waals surface area contributed by atoms with Gasteiger partial charge in [-0.15, -0.1) is 0 Å². The third-order valence-electron chi connectivity index (χ3n) is 3.32. The minimum atomic E-state index is 0.856. The highest BCUT2D eigenvalue weighted by atomic mass is 14.2. The van der Waals surface area contributed by atoms with Gasteiger partial charge < -0.3 is 0 Å². The average Bonchev–Trinajstić information content (AvgIpc) is 2.25. The van der Waals surface area contributed by atoms with Crippen LogP contribution in [0.25, 0.3) is 0 Å². The first-order valence-corrected chi connectivity index (χ1v) is 6.67. The maximum absolute atomic E-state index is 3.62. The van der Waals surface area contributed by atoms with Gasteiger partial charge in [-0.05, 0) is 31.6 Å². The van der Waals surface area contributed by atoms with Crippen molar-refractivity contribution in [3.05, 3.63) is 6.42 Å². The van der Waals surface area contributed by atoms with Crippen LogP contribution in [0.15, 0.2) is 0 Å². The molecule has 0 spiro atoms. The second-order valence-corrected chi connectivity index (χ2v) is 4.70. The van der Waals surface area contributed by atoms with E-state index in [0.717, 1.165) is 5.92 Å². The van der Waals surface area contributed by atoms with Crippen molar-refractivity contribution in [1.82, 2.24) is 0 Å². The normalized spacial score (nSPS) is 18.6. The zero-order chi connectivity index (χ0) is 10.1. The van der Waals surface area contributed by atoms with Gasteiger partial charge in [-0.2, -0.15) is 0 Å². The van der Waals surface area contributed by atoms with Crippen LogP contribution in [-0.4, -0.2) is 0 Å². The Hall–Kier alpha value is 0. The molecular formula is C14H26. The molecule has 1 fully saturated rings. The Balaban J connectivity index is 1.82. The number of hydrogen-bond donors (Lipinski definition) is 0. The molecular weight excluding hydrogens is 168 g/mol. The van der Waals surface area contributed by atoms with E-state index in [4.69, 9.17) is 0 Å². The van der Waals surface area contributed by atoms with Gasteiger partial charge in [0.15, 0.2) is 0 Å². The minimum absolute atomic E-state index is 0.856. The summed E-state index contributed by atoms with van der Waals surface area (Å²) in [5.41, 5.74) is 0. The Morgan fingerprint density at radius 1 is 1.00 bits per heavy atom. The van der Waals surface area contributed by atoms with Crippen molar-refractivity contribution < 1.29 is 0 Å². The molecule has 1 aliphatic rings. The van der Waals surface area contributed by atoms with E-state index in [0.29, 0.717) is 0 Å². The summed E-state index contributed by atoms with van der Waals surface area (Å²) in [5.74, 6) is 0.856. The second-order valence-electron chi connectivity index (χ2n) is 4.70. The van der Waals surface area contributed by atoms with Crippen LogP contribution in [0.1, 0.15) is 77.6 Å². The van der Waals surface area contributed by atoms with Crippen molar-refractivity contribution in [1.29, 1.82) is 0 Å². The van der Waals surface area contributed by atoms with Gasteiger partial charge in [0.1, 0.15) is 0 Å². The third kappa shape index (κ3) is 5.67. The van der Waals surface area contributed by atoms with Crippen LogP contribution in [0.3, 0.4) is 0 Å². The third-order valence-corrected chi connectivity index (χ3v) is 3.32. The van der Waals surface area contributed by atoms with Crippen LogP contribution in [0.5, 0.6) is 0 Å². The van der Waals surface area contributed by atoms with Crippen LogP contribution in [-0.2, 0) is 0 Å². The summed E-state index contributed by atoms with van der Waals surface area (Å²) in [6, 6.07) is 0. The van der Waals surface area contributed by atoms with E-state index in [1.165, 1.54) is 70.6 Å². The highest BCUT2D eigenvalue weighted by Crippen LogP contribution is 2.27. The van der Waals surface area contributed by atoms with E-state index in [2.05, 4.69) is 13.3 Å². The summed E-state index contributed by atoms with van der Waals surface area (Å²) in [5, 5.41) is 0. The Morgan fingerprint density at radius 2 is 1.79 bits per heavy atom.